The molecule has 186 valence electrons. The Labute approximate surface area is 221 Å². The van der Waals surface area contributed by atoms with Crippen LogP contribution in [0.5, 0.6) is 0 Å². The molecule has 0 aromatic heterocycles. The molecule has 38 heavy (non-hydrogen) atoms. The summed E-state index contributed by atoms with van der Waals surface area (Å²) in [6.45, 7) is 2.10. The number of aryl methyl sites for hydroxylation is 1. The van der Waals surface area contributed by atoms with E-state index in [0.717, 1.165) is 16.7 Å². The fraction of sp³-hybridized carbons (Fsp3) is 0.0294. The van der Waals surface area contributed by atoms with Crippen molar-refractivity contribution in [2.45, 2.75) is 6.92 Å². The van der Waals surface area contributed by atoms with Gasteiger partial charge in [-0.1, -0.05) is 127 Å². The molecule has 4 heteroatoms. The summed E-state index contributed by atoms with van der Waals surface area (Å²) in [6, 6.07) is 40.3. The molecule has 0 radical (unpaired) electrons. The molecule has 0 saturated carbocycles. The second-order valence-corrected chi connectivity index (χ2v) is 8.63. The van der Waals surface area contributed by atoms with E-state index in [2.05, 4.69) is 19.1 Å². The average molecular weight is 499 g/mol. The molecule has 0 aliphatic heterocycles. The average Bonchev–Trinajstić information content (AvgIpc) is 2.98. The maximum Gasteiger partial charge on any atom is 0.336 e. The highest BCUT2D eigenvalue weighted by atomic mass is 16.4. The van der Waals surface area contributed by atoms with Crippen LogP contribution in [-0.2, 0) is 0 Å². The van der Waals surface area contributed by atoms with Crippen molar-refractivity contribution in [3.63, 3.8) is 0 Å². The van der Waals surface area contributed by atoms with E-state index < -0.39 is 5.97 Å². The van der Waals surface area contributed by atoms with Crippen molar-refractivity contribution in [1.29, 1.82) is 0 Å². The Balaban J connectivity index is 0.000000181. The van der Waals surface area contributed by atoms with Gasteiger partial charge in [0.2, 0.25) is 0 Å². The summed E-state index contributed by atoms with van der Waals surface area (Å²) < 4.78 is 0. The predicted octanol–water partition coefficient (Wildman–Crippen LogP) is 7.51. The maximum absolute atomic E-state index is 12.4. The second kappa shape index (κ2) is 12.2. The number of hydrogen-bond donors (Lipinski definition) is 1. The topological polar surface area (TPSA) is 71.4 Å². The van der Waals surface area contributed by atoms with Gasteiger partial charge in [-0.15, -0.1) is 0 Å². The molecule has 0 saturated heterocycles. The highest BCUT2D eigenvalue weighted by Gasteiger charge is 2.16. The van der Waals surface area contributed by atoms with Crippen LogP contribution in [0.2, 0.25) is 0 Å². The Morgan fingerprint density at radius 3 is 1.47 bits per heavy atom. The molecule has 0 heterocycles. The molecule has 0 spiro atoms. The van der Waals surface area contributed by atoms with Crippen LogP contribution in [0.1, 0.15) is 47.8 Å². The molecule has 0 unspecified atom stereocenters. The Morgan fingerprint density at radius 1 is 0.474 bits per heavy atom. The first-order valence-corrected chi connectivity index (χ1v) is 12.1. The minimum absolute atomic E-state index is 0.0290. The largest absolute Gasteiger partial charge is 0.478 e. The van der Waals surface area contributed by atoms with Gasteiger partial charge in [-0.25, -0.2) is 4.79 Å². The number of carboxylic acids is 1. The van der Waals surface area contributed by atoms with E-state index in [1.807, 2.05) is 66.7 Å². The molecular weight excluding hydrogens is 472 g/mol. The third kappa shape index (κ3) is 6.18. The quantitative estimate of drug-likeness (QED) is 0.246. The highest BCUT2D eigenvalue weighted by molar-refractivity contribution is 6.14. The molecular formula is C34H26O4. The number of hydrogen-bond acceptors (Lipinski definition) is 3. The molecule has 1 N–H and O–H groups in total. The first-order valence-electron chi connectivity index (χ1n) is 12.1. The summed E-state index contributed by atoms with van der Waals surface area (Å²) >= 11 is 0. The smallest absolute Gasteiger partial charge is 0.336 e. The van der Waals surface area contributed by atoms with Crippen molar-refractivity contribution in [1.82, 2.24) is 0 Å². The summed E-state index contributed by atoms with van der Waals surface area (Å²) in [5.41, 5.74) is 5.75. The number of rotatable bonds is 6. The van der Waals surface area contributed by atoms with Gasteiger partial charge in [-0.3, -0.25) is 9.59 Å². The Kier molecular flexibility index (Phi) is 8.37. The van der Waals surface area contributed by atoms with Crippen molar-refractivity contribution in [2.24, 2.45) is 0 Å². The van der Waals surface area contributed by atoms with Gasteiger partial charge in [0.25, 0.3) is 0 Å². The van der Waals surface area contributed by atoms with Crippen molar-refractivity contribution in [3.8, 4) is 11.1 Å². The van der Waals surface area contributed by atoms with Crippen LogP contribution < -0.4 is 0 Å². The first kappa shape index (κ1) is 26.0. The number of carbonyl (C=O) groups is 3. The minimum Gasteiger partial charge on any atom is -0.478 e. The second-order valence-electron chi connectivity index (χ2n) is 8.63. The summed E-state index contributed by atoms with van der Waals surface area (Å²) in [4.78, 5) is 35.5. The molecule has 5 aromatic carbocycles. The fourth-order valence-electron chi connectivity index (χ4n) is 4.07. The van der Waals surface area contributed by atoms with E-state index in [1.54, 1.807) is 42.5 Å². The van der Waals surface area contributed by atoms with Crippen molar-refractivity contribution in [2.75, 3.05) is 0 Å². The summed E-state index contributed by atoms with van der Waals surface area (Å²) in [7, 11) is 0. The van der Waals surface area contributed by atoms with Crippen molar-refractivity contribution < 1.29 is 19.5 Å². The molecule has 0 fully saturated rings. The van der Waals surface area contributed by atoms with E-state index in [0.29, 0.717) is 5.56 Å². The molecule has 0 amide bonds. The fourth-order valence-corrected chi connectivity index (χ4v) is 4.07. The van der Waals surface area contributed by atoms with Crippen LogP contribution >= 0.6 is 0 Å². The van der Waals surface area contributed by atoms with Crippen LogP contribution in [0, 0.1) is 6.92 Å². The lowest BCUT2D eigenvalue weighted by Gasteiger charge is -2.07. The maximum atomic E-state index is 12.4. The number of aromatic carboxylic acids is 1. The zero-order valence-electron chi connectivity index (χ0n) is 20.9. The van der Waals surface area contributed by atoms with E-state index in [1.165, 1.54) is 23.3 Å². The predicted molar refractivity (Wildman–Crippen MR) is 150 cm³/mol. The van der Waals surface area contributed by atoms with Crippen LogP contribution in [0.4, 0.5) is 0 Å². The summed E-state index contributed by atoms with van der Waals surface area (Å²) in [5, 5.41) is 9.01. The lowest BCUT2D eigenvalue weighted by atomic mass is 9.97. The van der Waals surface area contributed by atoms with Gasteiger partial charge in [0.05, 0.1) is 5.56 Å². The van der Waals surface area contributed by atoms with Gasteiger partial charge in [0.15, 0.2) is 11.6 Å². The number of benzene rings is 5. The normalized spacial score (nSPS) is 10.1. The molecule has 0 atom stereocenters. The number of carboxylic acid groups (broad SMARTS) is 1. The van der Waals surface area contributed by atoms with Crippen LogP contribution in [-0.4, -0.2) is 22.6 Å². The van der Waals surface area contributed by atoms with Gasteiger partial charge in [-0.2, -0.15) is 0 Å². The molecule has 0 bridgehead atoms. The van der Waals surface area contributed by atoms with Gasteiger partial charge in [-0.05, 0) is 29.7 Å². The Bertz CT molecular complexity index is 1550. The molecule has 4 nitrogen and oxygen atoms in total. The number of ketones is 2. The van der Waals surface area contributed by atoms with Gasteiger partial charge in [0.1, 0.15) is 0 Å². The monoisotopic (exact) mass is 498 g/mol. The lowest BCUT2D eigenvalue weighted by Crippen LogP contribution is -2.09. The van der Waals surface area contributed by atoms with Crippen LogP contribution in [0.3, 0.4) is 0 Å². The van der Waals surface area contributed by atoms with Crippen LogP contribution in [0.15, 0.2) is 133 Å². The molecule has 5 aromatic rings. The highest BCUT2D eigenvalue weighted by Crippen LogP contribution is 2.24. The van der Waals surface area contributed by atoms with E-state index >= 15 is 0 Å². The Morgan fingerprint density at radius 2 is 0.921 bits per heavy atom. The standard InChI is InChI=1S/C20H16O.C14H10O3/c1-15-7-5-6-10-19(15)16-11-13-18(14-12-16)20(21)17-8-3-2-4-9-17;15-13(10-6-2-1-3-7-10)11-8-4-5-9-12(11)14(16)17/h2-14H,1H3;1-9H,(H,16,17). The summed E-state index contributed by atoms with van der Waals surface area (Å²) in [6.07, 6.45) is 0. The first-order chi connectivity index (χ1) is 18.5. The van der Waals surface area contributed by atoms with E-state index in [4.69, 9.17) is 5.11 Å². The Hall–Kier alpha value is -5.09. The molecule has 0 aliphatic rings. The van der Waals surface area contributed by atoms with Crippen molar-refractivity contribution in [3.05, 3.63) is 167 Å². The molecule has 5 rings (SSSR count). The van der Waals surface area contributed by atoms with Gasteiger partial charge >= 0.3 is 5.97 Å². The van der Waals surface area contributed by atoms with E-state index in [-0.39, 0.29) is 22.7 Å². The third-order valence-electron chi connectivity index (χ3n) is 6.08. The molecule has 0 aliphatic carbocycles. The zero-order chi connectivity index (χ0) is 26.9. The SMILES string of the molecule is Cc1ccccc1-c1ccc(C(=O)c2ccccc2)cc1.O=C(O)c1ccccc1C(=O)c1ccccc1. The summed E-state index contributed by atoms with van der Waals surface area (Å²) in [5.74, 6) is -1.31. The zero-order valence-corrected chi connectivity index (χ0v) is 20.9. The van der Waals surface area contributed by atoms with Crippen LogP contribution in [0.25, 0.3) is 11.1 Å². The van der Waals surface area contributed by atoms with Gasteiger partial charge in [0, 0.05) is 22.3 Å². The third-order valence-corrected chi connectivity index (χ3v) is 6.08. The number of carbonyl (C=O) groups excluding carboxylic acids is 2. The minimum atomic E-state index is -1.09. The lowest BCUT2D eigenvalue weighted by molar-refractivity contribution is 0.0692. The van der Waals surface area contributed by atoms with Gasteiger partial charge < -0.3 is 5.11 Å². The van der Waals surface area contributed by atoms with Crippen molar-refractivity contribution >= 4 is 17.5 Å². The van der Waals surface area contributed by atoms with E-state index in [9.17, 15) is 14.4 Å².